The summed E-state index contributed by atoms with van der Waals surface area (Å²) < 4.78 is 10.1. The van der Waals surface area contributed by atoms with E-state index in [9.17, 15) is 0 Å². The van der Waals surface area contributed by atoms with Crippen LogP contribution in [-0.2, 0) is 0 Å². The molecule has 0 aliphatic heterocycles. The van der Waals surface area contributed by atoms with Crippen molar-refractivity contribution in [1.82, 2.24) is 13.7 Å². The lowest BCUT2D eigenvalue weighted by molar-refractivity contribution is 1.16. The molecular formula is C72H47N3SSi. The maximum Gasteiger partial charge on any atom is 0.179 e. The molecule has 0 aliphatic carbocycles. The lowest BCUT2D eigenvalue weighted by Gasteiger charge is -2.34. The van der Waals surface area contributed by atoms with Crippen LogP contribution in [0.2, 0.25) is 0 Å². The molecule has 5 heteroatoms. The molecule has 360 valence electrons. The van der Waals surface area contributed by atoms with Crippen molar-refractivity contribution in [2.45, 2.75) is 0 Å². The highest BCUT2D eigenvalue weighted by Gasteiger charge is 2.41. The fraction of sp³-hybridized carbons (Fsp3) is 0. The molecule has 0 amide bonds. The van der Waals surface area contributed by atoms with Crippen molar-refractivity contribution < 1.29 is 0 Å². The first-order valence-corrected chi connectivity index (χ1v) is 29.3. The van der Waals surface area contributed by atoms with Gasteiger partial charge in [0.15, 0.2) is 8.07 Å². The van der Waals surface area contributed by atoms with E-state index < -0.39 is 8.07 Å². The lowest BCUT2D eigenvalue weighted by atomic mass is 9.98. The van der Waals surface area contributed by atoms with Gasteiger partial charge in [-0.2, -0.15) is 0 Å². The highest BCUT2D eigenvalue weighted by Crippen LogP contribution is 2.44. The molecule has 0 fully saturated rings. The number of nitrogens with zero attached hydrogens (tertiary/aromatic N) is 3. The molecule has 0 spiro atoms. The summed E-state index contributed by atoms with van der Waals surface area (Å²) in [6, 6.07) is 107. The minimum absolute atomic E-state index is 1.12. The Morgan fingerprint density at radius 1 is 0.247 bits per heavy atom. The van der Waals surface area contributed by atoms with Gasteiger partial charge >= 0.3 is 0 Å². The van der Waals surface area contributed by atoms with E-state index in [4.69, 9.17) is 0 Å². The number of para-hydroxylation sites is 3. The summed E-state index contributed by atoms with van der Waals surface area (Å²) in [7, 11) is -2.79. The molecule has 0 saturated carbocycles. The summed E-state index contributed by atoms with van der Waals surface area (Å²) in [6.45, 7) is 0. The summed E-state index contributed by atoms with van der Waals surface area (Å²) in [6.07, 6.45) is 0. The van der Waals surface area contributed by atoms with Crippen molar-refractivity contribution in [2.24, 2.45) is 0 Å². The van der Waals surface area contributed by atoms with Crippen LogP contribution in [0.4, 0.5) is 0 Å². The Morgan fingerprint density at radius 2 is 0.675 bits per heavy atom. The summed E-state index contributed by atoms with van der Waals surface area (Å²) in [4.78, 5) is 0. The van der Waals surface area contributed by atoms with Crippen molar-refractivity contribution in [1.29, 1.82) is 0 Å². The molecule has 0 radical (unpaired) electrons. The van der Waals surface area contributed by atoms with Gasteiger partial charge in [0.25, 0.3) is 0 Å². The van der Waals surface area contributed by atoms with Crippen LogP contribution in [0.25, 0.3) is 114 Å². The molecule has 3 nitrogen and oxygen atoms in total. The smallest absolute Gasteiger partial charge is 0.179 e. The molecule has 0 aliphatic rings. The number of hydrogen-bond acceptors (Lipinski definition) is 1. The molecule has 16 aromatic rings. The number of benzene rings is 12. The molecule has 16 rings (SSSR count). The van der Waals surface area contributed by atoms with Gasteiger partial charge in [-0.3, -0.25) is 0 Å². The minimum Gasteiger partial charge on any atom is -0.309 e. The fourth-order valence-electron chi connectivity index (χ4n) is 13.1. The van der Waals surface area contributed by atoms with Crippen LogP contribution < -0.4 is 20.7 Å². The maximum absolute atomic E-state index is 2.79. The molecule has 0 saturated heterocycles. The van der Waals surface area contributed by atoms with Gasteiger partial charge in [0.1, 0.15) is 0 Å². The highest BCUT2D eigenvalue weighted by atomic mass is 32.1. The van der Waals surface area contributed by atoms with E-state index in [-0.39, 0.29) is 0 Å². The summed E-state index contributed by atoms with van der Waals surface area (Å²) in [5.41, 5.74) is 13.0. The predicted octanol–water partition coefficient (Wildman–Crippen LogP) is 16.4. The van der Waals surface area contributed by atoms with Gasteiger partial charge in [-0.25, -0.2) is 0 Å². The van der Waals surface area contributed by atoms with Crippen molar-refractivity contribution in [3.05, 3.63) is 285 Å². The highest BCUT2D eigenvalue weighted by molar-refractivity contribution is 7.25. The first-order chi connectivity index (χ1) is 38.2. The Bertz CT molecular complexity index is 4840. The molecule has 0 unspecified atom stereocenters. The Balaban J connectivity index is 0.926. The fourth-order valence-corrected chi connectivity index (χ4v) is 19.1. The second kappa shape index (κ2) is 17.3. The Kier molecular flexibility index (Phi) is 9.83. The van der Waals surface area contributed by atoms with E-state index in [1.807, 2.05) is 11.3 Å². The molecular weight excluding hydrogens is 967 g/mol. The van der Waals surface area contributed by atoms with Crippen molar-refractivity contribution >= 4 is 126 Å². The zero-order chi connectivity index (χ0) is 50.6. The van der Waals surface area contributed by atoms with Crippen LogP contribution >= 0.6 is 11.3 Å². The number of thiophene rings is 1. The van der Waals surface area contributed by atoms with Crippen LogP contribution in [0, 0.1) is 0 Å². The predicted molar refractivity (Wildman–Crippen MR) is 331 cm³/mol. The monoisotopic (exact) mass is 1010 g/mol. The third-order valence-electron chi connectivity index (χ3n) is 16.4. The molecule has 0 bridgehead atoms. The van der Waals surface area contributed by atoms with Crippen LogP contribution in [0.1, 0.15) is 0 Å². The Morgan fingerprint density at radius 3 is 1.29 bits per heavy atom. The third-order valence-corrected chi connectivity index (χ3v) is 22.3. The van der Waals surface area contributed by atoms with Crippen LogP contribution in [0.5, 0.6) is 0 Å². The van der Waals surface area contributed by atoms with Gasteiger partial charge in [-0.1, -0.05) is 200 Å². The van der Waals surface area contributed by atoms with Crippen LogP contribution in [0.3, 0.4) is 0 Å². The van der Waals surface area contributed by atoms with Crippen molar-refractivity contribution in [3.8, 4) is 28.2 Å². The largest absolute Gasteiger partial charge is 0.309 e. The topological polar surface area (TPSA) is 14.8 Å². The van der Waals surface area contributed by atoms with E-state index in [1.54, 1.807) is 0 Å². The Hall–Kier alpha value is -9.52. The Labute approximate surface area is 450 Å². The van der Waals surface area contributed by atoms with Crippen LogP contribution in [-0.4, -0.2) is 21.8 Å². The quantitative estimate of drug-likeness (QED) is 0.106. The van der Waals surface area contributed by atoms with E-state index >= 15 is 0 Å². The van der Waals surface area contributed by atoms with E-state index in [0.29, 0.717) is 0 Å². The molecule has 0 N–H and O–H groups in total. The summed E-state index contributed by atoms with van der Waals surface area (Å²) in [5.74, 6) is 0. The van der Waals surface area contributed by atoms with Gasteiger partial charge < -0.3 is 13.7 Å². The van der Waals surface area contributed by atoms with Gasteiger partial charge in [-0.15, -0.1) is 11.3 Å². The minimum atomic E-state index is -2.79. The van der Waals surface area contributed by atoms with Crippen molar-refractivity contribution in [3.63, 3.8) is 0 Å². The molecule has 77 heavy (non-hydrogen) atoms. The van der Waals surface area contributed by atoms with Gasteiger partial charge in [0.05, 0.1) is 33.1 Å². The second-order valence-corrected chi connectivity index (χ2v) is 25.3. The zero-order valence-electron chi connectivity index (χ0n) is 41.9. The van der Waals surface area contributed by atoms with Gasteiger partial charge in [0, 0.05) is 69.6 Å². The molecule has 0 atom stereocenters. The number of rotatable bonds is 8. The average molecular weight is 1010 g/mol. The summed E-state index contributed by atoms with van der Waals surface area (Å²) >= 11 is 1.88. The van der Waals surface area contributed by atoms with Crippen molar-refractivity contribution in [2.75, 3.05) is 0 Å². The number of aromatic nitrogens is 3. The molecule has 4 aromatic heterocycles. The first kappa shape index (κ1) is 43.8. The van der Waals surface area contributed by atoms with Gasteiger partial charge in [0.2, 0.25) is 0 Å². The lowest BCUT2D eigenvalue weighted by Crippen LogP contribution is -2.74. The maximum atomic E-state index is 2.51. The van der Waals surface area contributed by atoms with Crippen LogP contribution in [0.15, 0.2) is 285 Å². The van der Waals surface area contributed by atoms with Gasteiger partial charge in [-0.05, 0) is 117 Å². The van der Waals surface area contributed by atoms with E-state index in [1.165, 1.54) is 117 Å². The molecule has 4 heterocycles. The number of hydrogen-bond donors (Lipinski definition) is 0. The van der Waals surface area contributed by atoms with E-state index in [2.05, 4.69) is 299 Å². The normalized spacial score (nSPS) is 12.2. The SMILES string of the molecule is c1ccc([Si](c2ccccc2)(c2ccccc2)c2cccc(-n3c4ccccc4c4cc(-n5c6ccc(-n7c8ccccc8c8ccccc87)cc6c6c(-c7ccc8c(c7)sc7ccccc78)cccc65)ccc43)c2)cc1. The van der Waals surface area contributed by atoms with E-state index in [0.717, 1.165) is 17.1 Å². The number of fused-ring (bicyclic) bond motifs is 12. The zero-order valence-corrected chi connectivity index (χ0v) is 43.7. The summed E-state index contributed by atoms with van der Waals surface area (Å²) in [5, 5.41) is 15.5. The average Bonchev–Trinajstić information content (AvgIpc) is 4.29. The first-order valence-electron chi connectivity index (χ1n) is 26.5. The molecule has 12 aromatic carbocycles. The third kappa shape index (κ3) is 6.55. The standard InChI is InChI=1S/C72H47N3SSi/c1-4-21-52(22-5-1)77(53-23-6-2-7-24-53,54-25-8-3-9-26-54)55-27-18-20-49(45-55)73-66-35-16-12-30-59(66)62-46-50(39-42-67(62)73)75-68-43-40-51(74-64-33-14-10-28-57(64)58-29-11-15-34-65(58)74)47-63(68)72-56(32-19-36-69(72)75)48-38-41-61-60-31-13-17-37-70(60)76-71(61)44-48/h1-47H. The second-order valence-electron chi connectivity index (χ2n) is 20.4.